The smallest absolute Gasteiger partial charge is 0.118 e. The normalized spacial score (nSPS) is 15.6. The van der Waals surface area contributed by atoms with Crippen molar-refractivity contribution < 1.29 is 5.11 Å². The molecule has 1 atom stereocenters. The Labute approximate surface area is 91.3 Å². The molecule has 0 radical (unpaired) electrons. The van der Waals surface area contributed by atoms with Crippen molar-refractivity contribution in [2.45, 2.75) is 26.4 Å². The Morgan fingerprint density at radius 3 is 2.73 bits per heavy atom. The van der Waals surface area contributed by atoms with Crippen LogP contribution < -0.4 is 5.32 Å². The van der Waals surface area contributed by atoms with Gasteiger partial charge in [0, 0.05) is 19.8 Å². The third kappa shape index (κ3) is 3.64. The lowest BCUT2D eigenvalue weighted by Crippen LogP contribution is -2.37. The summed E-state index contributed by atoms with van der Waals surface area (Å²) in [4.78, 5) is 0. The van der Waals surface area contributed by atoms with E-state index >= 15 is 0 Å². The molecule has 15 heavy (non-hydrogen) atoms. The molecule has 1 unspecified atom stereocenters. The van der Waals surface area contributed by atoms with Crippen LogP contribution >= 0.6 is 0 Å². The highest BCUT2D eigenvalue weighted by Crippen LogP contribution is 2.16. The molecule has 0 aliphatic carbocycles. The van der Waals surface area contributed by atoms with Gasteiger partial charge in [-0.15, -0.1) is 0 Å². The first kappa shape index (κ1) is 12.2. The summed E-state index contributed by atoms with van der Waals surface area (Å²) in [6.07, 6.45) is 1.84. The van der Waals surface area contributed by atoms with Gasteiger partial charge in [-0.3, -0.25) is 4.68 Å². The van der Waals surface area contributed by atoms with Crippen LogP contribution in [0.2, 0.25) is 0 Å². The molecule has 0 aliphatic rings. The van der Waals surface area contributed by atoms with Crippen LogP contribution in [0.15, 0.2) is 12.3 Å². The molecule has 0 amide bonds. The molecular formula is C11H21N3O. The van der Waals surface area contributed by atoms with Gasteiger partial charge in [-0.2, -0.15) is 5.10 Å². The number of nitrogens with one attached hydrogen (secondary N) is 1. The van der Waals surface area contributed by atoms with E-state index in [9.17, 15) is 5.11 Å². The summed E-state index contributed by atoms with van der Waals surface area (Å²) in [5.41, 5.74) is -0.183. The summed E-state index contributed by atoms with van der Waals surface area (Å²) < 4.78 is 1.70. The molecule has 0 aliphatic heterocycles. The quantitative estimate of drug-likeness (QED) is 0.760. The molecule has 1 rings (SSSR count). The molecular weight excluding hydrogens is 190 g/mol. The first-order valence-corrected chi connectivity index (χ1v) is 5.35. The molecule has 1 aromatic rings. The van der Waals surface area contributed by atoms with Crippen molar-refractivity contribution in [3.63, 3.8) is 0 Å². The van der Waals surface area contributed by atoms with Gasteiger partial charge in [0.25, 0.3) is 0 Å². The second kappa shape index (κ2) is 4.77. The Hall–Kier alpha value is -0.870. The predicted molar refractivity (Wildman–Crippen MR) is 60.5 cm³/mol. The Kier molecular flexibility index (Phi) is 3.88. The molecule has 0 saturated heterocycles. The summed E-state index contributed by atoms with van der Waals surface area (Å²) >= 11 is 0. The van der Waals surface area contributed by atoms with Crippen LogP contribution in [0.4, 0.5) is 0 Å². The van der Waals surface area contributed by atoms with Gasteiger partial charge in [-0.25, -0.2) is 0 Å². The van der Waals surface area contributed by atoms with Gasteiger partial charge in [-0.05, 0) is 25.5 Å². The fourth-order valence-electron chi connectivity index (χ4n) is 1.40. The second-order valence-electron chi connectivity index (χ2n) is 4.67. The summed E-state index contributed by atoms with van der Waals surface area (Å²) in [5.74, 6) is 0.588. The number of aromatic nitrogens is 2. The average molecular weight is 211 g/mol. The topological polar surface area (TPSA) is 50.1 Å². The minimum atomic E-state index is -0.893. The minimum Gasteiger partial charge on any atom is -0.382 e. The van der Waals surface area contributed by atoms with E-state index in [1.54, 1.807) is 11.6 Å². The van der Waals surface area contributed by atoms with Crippen molar-refractivity contribution in [3.05, 3.63) is 18.0 Å². The Morgan fingerprint density at radius 2 is 2.27 bits per heavy atom. The maximum atomic E-state index is 10.2. The molecule has 0 spiro atoms. The highest BCUT2D eigenvalue weighted by atomic mass is 16.3. The number of aliphatic hydroxyl groups is 1. The maximum Gasteiger partial charge on any atom is 0.118 e. The highest BCUT2D eigenvalue weighted by Gasteiger charge is 2.25. The van der Waals surface area contributed by atoms with Crippen molar-refractivity contribution in [1.29, 1.82) is 0 Å². The number of hydrogen-bond donors (Lipinski definition) is 2. The second-order valence-corrected chi connectivity index (χ2v) is 4.67. The van der Waals surface area contributed by atoms with Crippen LogP contribution in [-0.2, 0) is 12.6 Å². The van der Waals surface area contributed by atoms with Crippen molar-refractivity contribution in [2.75, 3.05) is 13.1 Å². The number of hydrogen-bond acceptors (Lipinski definition) is 3. The fraction of sp³-hybridized carbons (Fsp3) is 0.727. The van der Waals surface area contributed by atoms with Crippen molar-refractivity contribution in [3.8, 4) is 0 Å². The number of aryl methyl sites for hydroxylation is 1. The standard InChI is InChI=1S/C11H21N3O/c1-9(2)7-12-8-11(3,15)10-5-6-14(4)13-10/h5-6,9,12,15H,7-8H2,1-4H3. The highest BCUT2D eigenvalue weighted by molar-refractivity contribution is 5.09. The van der Waals surface area contributed by atoms with Gasteiger partial charge in [-0.1, -0.05) is 13.8 Å². The monoisotopic (exact) mass is 211 g/mol. The average Bonchev–Trinajstić information content (AvgIpc) is 2.51. The van der Waals surface area contributed by atoms with E-state index in [-0.39, 0.29) is 0 Å². The molecule has 1 heterocycles. The van der Waals surface area contributed by atoms with Crippen LogP contribution in [0.25, 0.3) is 0 Å². The van der Waals surface area contributed by atoms with Crippen LogP contribution in [0.5, 0.6) is 0 Å². The largest absolute Gasteiger partial charge is 0.382 e. The van der Waals surface area contributed by atoms with Gasteiger partial charge < -0.3 is 10.4 Å². The van der Waals surface area contributed by atoms with Gasteiger partial charge in [0.15, 0.2) is 0 Å². The molecule has 4 nitrogen and oxygen atoms in total. The molecule has 86 valence electrons. The molecule has 1 aromatic heterocycles. The van der Waals surface area contributed by atoms with E-state index < -0.39 is 5.60 Å². The summed E-state index contributed by atoms with van der Waals surface area (Å²) in [6, 6.07) is 1.84. The van der Waals surface area contributed by atoms with E-state index in [2.05, 4.69) is 24.3 Å². The summed E-state index contributed by atoms with van der Waals surface area (Å²) in [7, 11) is 1.85. The van der Waals surface area contributed by atoms with Crippen LogP contribution in [0, 0.1) is 5.92 Å². The first-order chi connectivity index (χ1) is 6.92. The zero-order chi connectivity index (χ0) is 11.5. The molecule has 2 N–H and O–H groups in total. The third-order valence-corrected chi connectivity index (χ3v) is 2.29. The van der Waals surface area contributed by atoms with E-state index in [0.717, 1.165) is 6.54 Å². The summed E-state index contributed by atoms with van der Waals surface area (Å²) in [6.45, 7) is 7.50. The number of rotatable bonds is 5. The lowest BCUT2D eigenvalue weighted by molar-refractivity contribution is 0.0514. The van der Waals surface area contributed by atoms with Gasteiger partial charge >= 0.3 is 0 Å². The lowest BCUT2D eigenvalue weighted by Gasteiger charge is -2.22. The van der Waals surface area contributed by atoms with Crippen molar-refractivity contribution in [1.82, 2.24) is 15.1 Å². The van der Waals surface area contributed by atoms with Crippen molar-refractivity contribution in [2.24, 2.45) is 13.0 Å². The van der Waals surface area contributed by atoms with Crippen LogP contribution in [0.3, 0.4) is 0 Å². The zero-order valence-corrected chi connectivity index (χ0v) is 9.99. The molecule has 0 fully saturated rings. The fourth-order valence-corrected chi connectivity index (χ4v) is 1.40. The predicted octanol–water partition coefficient (Wildman–Crippen LogP) is 0.873. The maximum absolute atomic E-state index is 10.2. The Bertz CT molecular complexity index is 305. The van der Waals surface area contributed by atoms with E-state index in [1.807, 2.05) is 19.3 Å². The van der Waals surface area contributed by atoms with Gasteiger partial charge in [0.1, 0.15) is 5.60 Å². The van der Waals surface area contributed by atoms with Gasteiger partial charge in [0.2, 0.25) is 0 Å². The first-order valence-electron chi connectivity index (χ1n) is 5.35. The zero-order valence-electron chi connectivity index (χ0n) is 9.99. The minimum absolute atomic E-state index is 0.530. The van der Waals surface area contributed by atoms with E-state index in [0.29, 0.717) is 18.2 Å². The molecule has 4 heteroatoms. The molecule has 0 saturated carbocycles. The number of nitrogens with zero attached hydrogens (tertiary/aromatic N) is 2. The molecule has 0 aromatic carbocycles. The van der Waals surface area contributed by atoms with Crippen molar-refractivity contribution >= 4 is 0 Å². The van der Waals surface area contributed by atoms with Crippen LogP contribution in [-0.4, -0.2) is 28.0 Å². The molecule has 0 bridgehead atoms. The van der Waals surface area contributed by atoms with E-state index in [4.69, 9.17) is 0 Å². The Balaban J connectivity index is 2.51. The van der Waals surface area contributed by atoms with E-state index in [1.165, 1.54) is 0 Å². The SMILES string of the molecule is CC(C)CNCC(C)(O)c1ccn(C)n1. The van der Waals surface area contributed by atoms with Crippen LogP contribution in [0.1, 0.15) is 26.5 Å². The summed E-state index contributed by atoms with van der Waals surface area (Å²) in [5, 5.41) is 17.6. The lowest BCUT2D eigenvalue weighted by atomic mass is 10.0. The third-order valence-electron chi connectivity index (χ3n) is 2.29. The van der Waals surface area contributed by atoms with Gasteiger partial charge in [0.05, 0.1) is 5.69 Å². The Morgan fingerprint density at radius 1 is 1.60 bits per heavy atom.